The van der Waals surface area contributed by atoms with Crippen LogP contribution in [0.3, 0.4) is 0 Å². The summed E-state index contributed by atoms with van der Waals surface area (Å²) in [7, 11) is -4.02. The zero-order valence-corrected chi connectivity index (χ0v) is 15.1. The zero-order valence-electron chi connectivity index (χ0n) is 11.9. The van der Waals surface area contributed by atoms with Crippen LogP contribution in [0, 0.1) is 0 Å². The number of carbonyl (C=O) groups is 1. The molecule has 1 heterocycles. The van der Waals surface area contributed by atoms with Crippen molar-refractivity contribution in [1.82, 2.24) is 9.71 Å². The molecule has 1 aromatic heterocycles. The summed E-state index contributed by atoms with van der Waals surface area (Å²) in [6.07, 6.45) is 2.68. The lowest BCUT2D eigenvalue weighted by Gasteiger charge is -2.11. The maximum Gasteiger partial charge on any atom is 0.266 e. The molecule has 0 saturated carbocycles. The van der Waals surface area contributed by atoms with Crippen LogP contribution in [0.1, 0.15) is 13.3 Å². The summed E-state index contributed by atoms with van der Waals surface area (Å²) in [4.78, 5) is 16.0. The van der Waals surface area contributed by atoms with Crippen molar-refractivity contribution in [3.8, 4) is 0 Å². The summed E-state index contributed by atoms with van der Waals surface area (Å²) in [5, 5.41) is 0.806. The van der Waals surface area contributed by atoms with E-state index in [0.717, 1.165) is 11.8 Å². The molecule has 0 aliphatic heterocycles. The summed E-state index contributed by atoms with van der Waals surface area (Å²) in [5.74, 6) is -0.597. The Balaban J connectivity index is 2.44. The predicted molar refractivity (Wildman–Crippen MR) is 90.4 cm³/mol. The Morgan fingerprint density at radius 1 is 1.26 bits per heavy atom. The Morgan fingerprint density at radius 3 is 2.52 bits per heavy atom. The van der Waals surface area contributed by atoms with E-state index in [1.165, 1.54) is 18.5 Å². The van der Waals surface area contributed by atoms with Gasteiger partial charge in [-0.15, -0.1) is 0 Å². The molecule has 9 heteroatoms. The second-order valence-corrected chi connectivity index (χ2v) is 7.87. The minimum Gasteiger partial charge on any atom is -0.274 e. The van der Waals surface area contributed by atoms with Gasteiger partial charge in [-0.2, -0.15) is 0 Å². The van der Waals surface area contributed by atoms with Gasteiger partial charge in [-0.3, -0.25) is 9.78 Å². The van der Waals surface area contributed by atoms with E-state index < -0.39 is 15.9 Å². The maximum absolute atomic E-state index is 12.3. The molecule has 1 N–H and O–H groups in total. The van der Waals surface area contributed by atoms with Gasteiger partial charge in [0.1, 0.15) is 4.90 Å². The van der Waals surface area contributed by atoms with Gasteiger partial charge in [0.25, 0.3) is 10.0 Å². The fourth-order valence-corrected chi connectivity index (χ4v) is 4.62. The van der Waals surface area contributed by atoms with Gasteiger partial charge in [-0.1, -0.05) is 48.0 Å². The van der Waals surface area contributed by atoms with Crippen molar-refractivity contribution in [1.29, 1.82) is 0 Å². The molecule has 0 radical (unpaired) electrons. The normalized spacial score (nSPS) is 11.3. The van der Waals surface area contributed by atoms with Gasteiger partial charge in [-0.05, 0) is 18.2 Å². The van der Waals surface area contributed by atoms with E-state index in [0.29, 0.717) is 19.8 Å². The molecule has 0 bridgehead atoms. The van der Waals surface area contributed by atoms with Crippen LogP contribution in [0.25, 0.3) is 0 Å². The number of amides is 1. The summed E-state index contributed by atoms with van der Waals surface area (Å²) >= 11 is 13.3. The number of halogens is 2. The summed E-state index contributed by atoms with van der Waals surface area (Å²) in [6.45, 7) is 1.56. The number of pyridine rings is 1. The molecule has 1 aromatic carbocycles. The lowest BCUT2D eigenvalue weighted by atomic mass is 10.4. The lowest BCUT2D eigenvalue weighted by Crippen LogP contribution is -2.30. The third-order valence-corrected chi connectivity index (χ3v) is 6.34. The minimum atomic E-state index is -4.02. The van der Waals surface area contributed by atoms with Crippen LogP contribution in [-0.4, -0.2) is 19.3 Å². The highest BCUT2D eigenvalue weighted by molar-refractivity contribution is 8.00. The van der Waals surface area contributed by atoms with E-state index in [1.54, 1.807) is 25.1 Å². The number of carbonyl (C=O) groups excluding carboxylic acids is 1. The van der Waals surface area contributed by atoms with Crippen LogP contribution >= 0.6 is 35.0 Å². The smallest absolute Gasteiger partial charge is 0.266 e. The second kappa shape index (κ2) is 7.53. The third kappa shape index (κ3) is 4.38. The molecular weight excluding hydrogens is 379 g/mol. The molecule has 23 heavy (non-hydrogen) atoms. The average molecular weight is 391 g/mol. The van der Waals surface area contributed by atoms with Gasteiger partial charge in [0.05, 0.1) is 10.0 Å². The molecule has 122 valence electrons. The van der Waals surface area contributed by atoms with Crippen molar-refractivity contribution in [3.63, 3.8) is 0 Å². The number of nitrogens with zero attached hydrogens (tertiary/aromatic N) is 1. The van der Waals surface area contributed by atoms with E-state index in [9.17, 15) is 13.2 Å². The average Bonchev–Trinajstić information content (AvgIpc) is 2.51. The van der Waals surface area contributed by atoms with E-state index in [2.05, 4.69) is 4.98 Å². The monoisotopic (exact) mass is 390 g/mol. The molecule has 0 spiro atoms. The molecule has 0 unspecified atom stereocenters. The van der Waals surface area contributed by atoms with Gasteiger partial charge in [0, 0.05) is 28.6 Å². The lowest BCUT2D eigenvalue weighted by molar-refractivity contribution is -0.119. The molecule has 2 aromatic rings. The van der Waals surface area contributed by atoms with Crippen molar-refractivity contribution in [2.45, 2.75) is 28.0 Å². The Hall–Kier alpha value is -1.28. The maximum atomic E-state index is 12.3. The first-order valence-electron chi connectivity index (χ1n) is 6.46. The van der Waals surface area contributed by atoms with Crippen molar-refractivity contribution in [2.75, 3.05) is 0 Å². The molecule has 0 atom stereocenters. The van der Waals surface area contributed by atoms with E-state index in [-0.39, 0.29) is 11.3 Å². The fourth-order valence-electron chi connectivity index (χ4n) is 1.62. The molecule has 0 saturated heterocycles. The van der Waals surface area contributed by atoms with Gasteiger partial charge >= 0.3 is 0 Å². The standard InChI is InChI=1S/C14H12Cl2N2O3S2/c1-2-13(19)18-23(20,21)12-8-17-7-6-11(12)22-14-9(15)4-3-5-10(14)16/h3-8H,2H2,1H3,(H,18,19). The Morgan fingerprint density at radius 2 is 1.91 bits per heavy atom. The zero-order chi connectivity index (χ0) is 17.0. The van der Waals surface area contributed by atoms with Gasteiger partial charge in [0.15, 0.2) is 0 Å². The highest BCUT2D eigenvalue weighted by atomic mass is 35.5. The van der Waals surface area contributed by atoms with Crippen molar-refractivity contribution >= 4 is 50.9 Å². The van der Waals surface area contributed by atoms with Crippen LogP contribution < -0.4 is 4.72 Å². The number of nitrogens with one attached hydrogen (secondary N) is 1. The first kappa shape index (κ1) is 18.1. The Bertz CT molecular complexity index is 821. The van der Waals surface area contributed by atoms with Crippen molar-refractivity contribution < 1.29 is 13.2 Å². The second-order valence-electron chi connectivity index (χ2n) is 4.36. The minimum absolute atomic E-state index is 0.0539. The van der Waals surface area contributed by atoms with Gasteiger partial charge in [0.2, 0.25) is 5.91 Å². The summed E-state index contributed by atoms with van der Waals surface area (Å²) < 4.78 is 26.7. The van der Waals surface area contributed by atoms with E-state index in [4.69, 9.17) is 23.2 Å². The topological polar surface area (TPSA) is 76.1 Å². The number of aromatic nitrogens is 1. The molecule has 2 rings (SSSR count). The first-order valence-corrected chi connectivity index (χ1v) is 9.52. The van der Waals surface area contributed by atoms with Crippen LogP contribution in [0.5, 0.6) is 0 Å². The largest absolute Gasteiger partial charge is 0.274 e. The van der Waals surface area contributed by atoms with Crippen LogP contribution in [0.4, 0.5) is 0 Å². The van der Waals surface area contributed by atoms with Crippen molar-refractivity contribution in [2.24, 2.45) is 0 Å². The SMILES string of the molecule is CCC(=O)NS(=O)(=O)c1cnccc1Sc1c(Cl)cccc1Cl. The highest BCUT2D eigenvalue weighted by Gasteiger charge is 2.22. The molecule has 0 fully saturated rings. The molecule has 5 nitrogen and oxygen atoms in total. The van der Waals surface area contributed by atoms with Crippen LogP contribution in [-0.2, 0) is 14.8 Å². The van der Waals surface area contributed by atoms with E-state index >= 15 is 0 Å². The molecule has 1 amide bonds. The summed E-state index contributed by atoms with van der Waals surface area (Å²) in [5.41, 5.74) is 0. The third-order valence-electron chi connectivity index (χ3n) is 2.74. The molecule has 0 aliphatic carbocycles. The number of hydrogen-bond acceptors (Lipinski definition) is 5. The van der Waals surface area contributed by atoms with Crippen LogP contribution in [0.15, 0.2) is 51.3 Å². The number of rotatable bonds is 5. The summed E-state index contributed by atoms with van der Waals surface area (Å²) in [6, 6.07) is 6.53. The molecule has 0 aliphatic rings. The number of hydrogen-bond donors (Lipinski definition) is 1. The highest BCUT2D eigenvalue weighted by Crippen LogP contribution is 2.40. The first-order chi connectivity index (χ1) is 10.8. The Kier molecular flexibility index (Phi) is 5.91. The molecular formula is C14H12Cl2N2O3S2. The number of sulfonamides is 1. The fraction of sp³-hybridized carbons (Fsp3) is 0.143. The Labute approximate surface area is 148 Å². The van der Waals surface area contributed by atoms with Crippen molar-refractivity contribution in [3.05, 3.63) is 46.7 Å². The van der Waals surface area contributed by atoms with Gasteiger partial charge in [-0.25, -0.2) is 13.1 Å². The number of benzene rings is 1. The predicted octanol–water partition coefficient (Wildman–Crippen LogP) is 3.75. The van der Waals surface area contributed by atoms with Gasteiger partial charge < -0.3 is 0 Å². The van der Waals surface area contributed by atoms with Crippen LogP contribution in [0.2, 0.25) is 10.0 Å². The quantitative estimate of drug-likeness (QED) is 0.840. The van der Waals surface area contributed by atoms with E-state index in [1.807, 2.05) is 4.72 Å².